The number of benzene rings is 1. The van der Waals surface area contributed by atoms with Crippen LogP contribution in [0.25, 0.3) is 0 Å². The van der Waals surface area contributed by atoms with Crippen molar-refractivity contribution < 1.29 is 13.3 Å². The number of hydrogen-bond donors (Lipinski definition) is 0. The van der Waals surface area contributed by atoms with Crippen LogP contribution >= 0.6 is 31.9 Å². The first-order valence-corrected chi connectivity index (χ1v) is 14.2. The topological polar surface area (TPSA) is 99.9 Å². The van der Waals surface area contributed by atoms with Crippen LogP contribution in [0.3, 0.4) is 0 Å². The third-order valence-electron chi connectivity index (χ3n) is 5.56. The van der Waals surface area contributed by atoms with Crippen molar-refractivity contribution in [2.24, 2.45) is 0 Å². The summed E-state index contributed by atoms with van der Waals surface area (Å²) in [6, 6.07) is 6.52. The molecule has 3 rings (SSSR count). The van der Waals surface area contributed by atoms with Gasteiger partial charge in [0, 0.05) is 81.0 Å². The van der Waals surface area contributed by atoms with Crippen LogP contribution in [0.4, 0.5) is 11.4 Å². The first-order valence-electron chi connectivity index (χ1n) is 10.5. The first kappa shape index (κ1) is 26.0. The van der Waals surface area contributed by atoms with Gasteiger partial charge in [0.15, 0.2) is 0 Å². The van der Waals surface area contributed by atoms with Gasteiger partial charge in [0.25, 0.3) is 5.69 Å². The van der Waals surface area contributed by atoms with Gasteiger partial charge < -0.3 is 4.90 Å². The Morgan fingerprint density at radius 2 is 1.82 bits per heavy atom. The van der Waals surface area contributed by atoms with E-state index in [1.165, 1.54) is 16.4 Å². The normalized spacial score (nSPS) is 15.5. The zero-order chi connectivity index (χ0) is 24.0. The molecule has 0 saturated carbocycles. The van der Waals surface area contributed by atoms with E-state index in [9.17, 15) is 18.5 Å². The molecule has 1 aromatic carbocycles. The Morgan fingerprint density at radius 1 is 1.15 bits per heavy atom. The first-order chi connectivity index (χ1) is 15.8. The maximum Gasteiger partial charge on any atom is 0.271 e. The van der Waals surface area contributed by atoms with Gasteiger partial charge in [-0.1, -0.05) is 37.9 Å². The minimum Gasteiger partial charge on any atom is -0.369 e. The third kappa shape index (κ3) is 6.30. The molecule has 33 heavy (non-hydrogen) atoms. The summed E-state index contributed by atoms with van der Waals surface area (Å²) < 4.78 is 28.9. The summed E-state index contributed by atoms with van der Waals surface area (Å²) in [6.45, 7) is 5.36. The van der Waals surface area contributed by atoms with Crippen molar-refractivity contribution in [1.82, 2.24) is 14.2 Å². The number of anilines is 1. The highest BCUT2D eigenvalue weighted by Crippen LogP contribution is 2.35. The van der Waals surface area contributed by atoms with Crippen molar-refractivity contribution in [3.63, 3.8) is 0 Å². The van der Waals surface area contributed by atoms with Gasteiger partial charge >= 0.3 is 0 Å². The van der Waals surface area contributed by atoms with Crippen LogP contribution in [0, 0.1) is 17.0 Å². The number of aryl methyl sites for hydroxylation is 1. The molecule has 12 heteroatoms. The molecule has 2 heterocycles. The van der Waals surface area contributed by atoms with Gasteiger partial charge in [0.05, 0.1) is 10.6 Å². The Balaban J connectivity index is 1.90. The maximum absolute atomic E-state index is 13.7. The number of hydrogen-bond acceptors (Lipinski definition) is 7. The molecule has 0 radical (unpaired) electrons. The molecule has 1 aliphatic rings. The number of piperazine rings is 1. The lowest BCUT2D eigenvalue weighted by atomic mass is 10.1. The van der Waals surface area contributed by atoms with Gasteiger partial charge in [-0.25, -0.2) is 8.42 Å². The van der Waals surface area contributed by atoms with E-state index in [1.54, 1.807) is 13.1 Å². The number of halogens is 2. The summed E-state index contributed by atoms with van der Waals surface area (Å²) in [6.07, 6.45) is 3.53. The molecule has 180 valence electrons. The molecule has 0 N–H and O–H groups in total. The smallest absolute Gasteiger partial charge is 0.271 e. The Bertz CT molecular complexity index is 1060. The van der Waals surface area contributed by atoms with E-state index in [0.717, 1.165) is 5.56 Å². The summed E-state index contributed by atoms with van der Waals surface area (Å²) in [5, 5.41) is 12.8. The molecule has 0 amide bonds. The molecule has 0 unspecified atom stereocenters. The summed E-state index contributed by atoms with van der Waals surface area (Å²) in [5.41, 5.74) is 1.95. The molecule has 1 fully saturated rings. The molecular weight excluding hydrogens is 578 g/mol. The molecule has 1 aromatic heterocycles. The van der Waals surface area contributed by atoms with Gasteiger partial charge in [0.1, 0.15) is 4.90 Å². The largest absolute Gasteiger partial charge is 0.369 e. The highest BCUT2D eigenvalue weighted by molar-refractivity contribution is 9.09. The predicted molar refractivity (Wildman–Crippen MR) is 136 cm³/mol. The van der Waals surface area contributed by atoms with Crippen LogP contribution in [-0.4, -0.2) is 77.5 Å². The minimum absolute atomic E-state index is 0.00295. The summed E-state index contributed by atoms with van der Waals surface area (Å²) >= 11 is 6.86. The van der Waals surface area contributed by atoms with Crippen LogP contribution in [0.2, 0.25) is 0 Å². The maximum atomic E-state index is 13.7. The van der Waals surface area contributed by atoms with Crippen LogP contribution in [-0.2, 0) is 16.6 Å². The second-order valence-corrected chi connectivity index (χ2v) is 11.3. The molecule has 0 atom stereocenters. The van der Waals surface area contributed by atoms with Gasteiger partial charge in [-0.3, -0.25) is 20.0 Å². The standard InChI is InChI=1S/C21H27Br2N5O4S/c1-17-13-19(28(29)30)14-20(21(17)26(7-4-22)8-5-23)33(31,32)27-11-9-25(10-12-27)16-18-3-2-6-24-15-18/h2-3,6,13-15H,4-5,7-12,16H2,1H3. The number of pyridine rings is 1. The average Bonchev–Trinajstić information content (AvgIpc) is 2.79. The monoisotopic (exact) mass is 603 g/mol. The Labute approximate surface area is 211 Å². The number of rotatable bonds is 10. The minimum atomic E-state index is -3.93. The number of non-ortho nitro benzene ring substituents is 1. The summed E-state index contributed by atoms with van der Waals surface area (Å²) in [7, 11) is -3.93. The second kappa shape index (κ2) is 11.7. The molecule has 1 aliphatic heterocycles. The van der Waals surface area contributed by atoms with E-state index < -0.39 is 14.9 Å². The molecule has 1 saturated heterocycles. The van der Waals surface area contributed by atoms with E-state index in [2.05, 4.69) is 41.7 Å². The molecule has 0 aliphatic carbocycles. The molecule has 2 aromatic rings. The van der Waals surface area contributed by atoms with Crippen LogP contribution in [0.5, 0.6) is 0 Å². The predicted octanol–water partition coefficient (Wildman–Crippen LogP) is 3.40. The molecule has 9 nitrogen and oxygen atoms in total. The fourth-order valence-corrected chi connectivity index (χ4v) is 6.57. The van der Waals surface area contributed by atoms with Crippen molar-refractivity contribution in [2.75, 3.05) is 54.8 Å². The zero-order valence-electron chi connectivity index (χ0n) is 18.4. The number of sulfonamides is 1. The van der Waals surface area contributed by atoms with E-state index in [-0.39, 0.29) is 10.6 Å². The average molecular weight is 605 g/mol. The van der Waals surface area contributed by atoms with Gasteiger partial charge in [-0.15, -0.1) is 0 Å². The van der Waals surface area contributed by atoms with Gasteiger partial charge in [0.2, 0.25) is 10.0 Å². The lowest BCUT2D eigenvalue weighted by Gasteiger charge is -2.35. The number of nitro groups is 1. The SMILES string of the molecule is Cc1cc([N+](=O)[O-])cc(S(=O)(=O)N2CCN(Cc3cccnc3)CC2)c1N(CCBr)CCBr. The highest BCUT2D eigenvalue weighted by atomic mass is 79.9. The van der Waals surface area contributed by atoms with Gasteiger partial charge in [-0.2, -0.15) is 4.31 Å². The Kier molecular flexibility index (Phi) is 9.22. The fraction of sp³-hybridized carbons (Fsp3) is 0.476. The van der Waals surface area contributed by atoms with Crippen molar-refractivity contribution >= 4 is 53.3 Å². The lowest BCUT2D eigenvalue weighted by molar-refractivity contribution is -0.385. The second-order valence-electron chi connectivity index (χ2n) is 7.77. The number of nitrogens with zero attached hydrogens (tertiary/aromatic N) is 5. The van der Waals surface area contributed by atoms with Crippen LogP contribution in [0.15, 0.2) is 41.6 Å². The van der Waals surface area contributed by atoms with Crippen molar-refractivity contribution in [1.29, 1.82) is 0 Å². The Morgan fingerprint density at radius 3 is 2.36 bits per heavy atom. The summed E-state index contributed by atoms with van der Waals surface area (Å²) in [5.74, 6) is 0. The lowest BCUT2D eigenvalue weighted by Crippen LogP contribution is -2.48. The number of nitro benzene ring substituents is 1. The Hall–Kier alpha value is -1.60. The number of aromatic nitrogens is 1. The highest BCUT2D eigenvalue weighted by Gasteiger charge is 2.34. The van der Waals surface area contributed by atoms with Crippen molar-refractivity contribution in [2.45, 2.75) is 18.4 Å². The number of alkyl halides is 2. The zero-order valence-corrected chi connectivity index (χ0v) is 22.3. The third-order valence-corrected chi connectivity index (χ3v) is 8.19. The van der Waals surface area contributed by atoms with E-state index in [1.807, 2.05) is 23.2 Å². The quantitative estimate of drug-likeness (QED) is 0.233. The summed E-state index contributed by atoms with van der Waals surface area (Å²) in [4.78, 5) is 19.2. The van der Waals surface area contributed by atoms with E-state index >= 15 is 0 Å². The van der Waals surface area contributed by atoms with Crippen LogP contribution in [0.1, 0.15) is 11.1 Å². The molecule has 0 spiro atoms. The van der Waals surface area contributed by atoms with E-state index in [0.29, 0.717) is 67.7 Å². The molecular formula is C21H27Br2N5O4S. The van der Waals surface area contributed by atoms with Gasteiger partial charge in [-0.05, 0) is 24.1 Å². The van der Waals surface area contributed by atoms with Crippen molar-refractivity contribution in [3.05, 3.63) is 57.9 Å². The van der Waals surface area contributed by atoms with E-state index in [4.69, 9.17) is 0 Å². The van der Waals surface area contributed by atoms with Crippen LogP contribution < -0.4 is 4.90 Å². The molecule has 0 bridgehead atoms. The van der Waals surface area contributed by atoms with Crippen molar-refractivity contribution in [3.8, 4) is 0 Å². The fourth-order valence-electron chi connectivity index (χ4n) is 3.99.